The molecule has 7 nitrogen and oxygen atoms in total. The minimum Gasteiger partial charge on any atom is -0.399 e. The standard InChI is InChI=1S/C22H22F3N5O2/c1-12(2)29-11-17-18(20(31)28-29)19(13-6-8-15(26)9-7-13)27-21(32)30(17)16-5-3-4-14(10-16)22(23,24)25/h3-10,12,19H,11,26H2,1-2H3,(H,27,32)(H,28,31). The Kier molecular flexibility index (Phi) is 5.33. The van der Waals surface area contributed by atoms with E-state index in [4.69, 9.17) is 5.73 Å². The molecule has 2 heterocycles. The second kappa shape index (κ2) is 7.86. The van der Waals surface area contributed by atoms with Gasteiger partial charge in [0.1, 0.15) is 0 Å². The van der Waals surface area contributed by atoms with Crippen molar-refractivity contribution in [2.75, 3.05) is 17.2 Å². The molecule has 0 aliphatic carbocycles. The highest BCUT2D eigenvalue weighted by atomic mass is 19.4. The molecule has 2 aliphatic heterocycles. The van der Waals surface area contributed by atoms with Gasteiger partial charge in [0.25, 0.3) is 5.91 Å². The molecule has 0 saturated carbocycles. The molecule has 0 saturated heterocycles. The maximum Gasteiger partial charge on any atom is 0.416 e. The van der Waals surface area contributed by atoms with Gasteiger partial charge in [0.15, 0.2) is 0 Å². The SMILES string of the molecule is CC(C)N1CC2=C(C(=O)N1)C(c1ccc(N)cc1)NC(=O)N2c1cccc(C(F)(F)F)c1. The zero-order valence-electron chi connectivity index (χ0n) is 17.4. The minimum absolute atomic E-state index is 0.0268. The van der Waals surface area contributed by atoms with Gasteiger partial charge in [-0.05, 0) is 49.7 Å². The van der Waals surface area contributed by atoms with Crippen LogP contribution in [0.4, 0.5) is 29.3 Å². The number of rotatable bonds is 3. The van der Waals surface area contributed by atoms with Crippen molar-refractivity contribution in [3.8, 4) is 0 Å². The van der Waals surface area contributed by atoms with E-state index in [0.717, 1.165) is 17.0 Å². The molecule has 168 valence electrons. The lowest BCUT2D eigenvalue weighted by Crippen LogP contribution is -2.60. The molecule has 2 aromatic rings. The number of hydrogen-bond acceptors (Lipinski definition) is 4. The highest BCUT2D eigenvalue weighted by molar-refractivity contribution is 6.05. The van der Waals surface area contributed by atoms with Crippen LogP contribution in [0.2, 0.25) is 0 Å². The number of anilines is 2. The van der Waals surface area contributed by atoms with Gasteiger partial charge in [0.2, 0.25) is 0 Å². The van der Waals surface area contributed by atoms with Gasteiger partial charge in [-0.2, -0.15) is 13.2 Å². The van der Waals surface area contributed by atoms with E-state index >= 15 is 0 Å². The van der Waals surface area contributed by atoms with Crippen LogP contribution in [0.15, 0.2) is 59.8 Å². The predicted molar refractivity (Wildman–Crippen MR) is 113 cm³/mol. The van der Waals surface area contributed by atoms with Crippen LogP contribution in [-0.2, 0) is 11.0 Å². The molecule has 0 radical (unpaired) electrons. The molecular formula is C22H22F3N5O2. The Hall–Kier alpha value is -3.53. The summed E-state index contributed by atoms with van der Waals surface area (Å²) in [4.78, 5) is 27.4. The number of nitrogens with two attached hydrogens (primary N) is 1. The summed E-state index contributed by atoms with van der Waals surface area (Å²) in [5.41, 5.74) is 9.45. The van der Waals surface area contributed by atoms with E-state index in [1.165, 1.54) is 12.1 Å². The van der Waals surface area contributed by atoms with Gasteiger partial charge in [-0.25, -0.2) is 9.80 Å². The number of hydrazine groups is 1. The van der Waals surface area contributed by atoms with Crippen LogP contribution in [0.1, 0.15) is 31.0 Å². The van der Waals surface area contributed by atoms with Gasteiger partial charge in [-0.15, -0.1) is 0 Å². The highest BCUT2D eigenvalue weighted by Gasteiger charge is 2.42. The average Bonchev–Trinajstić information content (AvgIpc) is 2.73. The lowest BCUT2D eigenvalue weighted by Gasteiger charge is -2.43. The normalized spacial score (nSPS) is 19.7. The maximum absolute atomic E-state index is 13.3. The fourth-order valence-corrected chi connectivity index (χ4v) is 3.82. The molecule has 4 rings (SSSR count). The van der Waals surface area contributed by atoms with Crippen LogP contribution >= 0.6 is 0 Å². The van der Waals surface area contributed by atoms with Crippen molar-refractivity contribution in [2.45, 2.75) is 32.1 Å². The van der Waals surface area contributed by atoms with E-state index in [1.807, 2.05) is 13.8 Å². The van der Waals surface area contributed by atoms with Gasteiger partial charge in [0.05, 0.1) is 35.1 Å². The summed E-state index contributed by atoms with van der Waals surface area (Å²) in [6.45, 7) is 3.87. The third kappa shape index (κ3) is 3.89. The van der Waals surface area contributed by atoms with Gasteiger partial charge in [0, 0.05) is 11.7 Å². The Morgan fingerprint density at radius 1 is 1.09 bits per heavy atom. The van der Waals surface area contributed by atoms with Gasteiger partial charge >= 0.3 is 12.2 Å². The molecule has 4 N–H and O–H groups in total. The van der Waals surface area contributed by atoms with Crippen molar-refractivity contribution in [2.24, 2.45) is 0 Å². The lowest BCUT2D eigenvalue weighted by molar-refractivity contribution is -0.137. The molecule has 0 spiro atoms. The number of urea groups is 1. The number of nitrogens with one attached hydrogen (secondary N) is 2. The second-order valence-electron chi connectivity index (χ2n) is 7.96. The number of benzene rings is 2. The summed E-state index contributed by atoms with van der Waals surface area (Å²) in [7, 11) is 0. The number of nitrogens with zero attached hydrogens (tertiary/aromatic N) is 2. The zero-order chi connectivity index (χ0) is 23.2. The molecule has 0 aromatic heterocycles. The Labute approximate surface area is 182 Å². The Bertz CT molecular complexity index is 1100. The molecule has 2 aliphatic rings. The molecule has 10 heteroatoms. The van der Waals surface area contributed by atoms with Crippen LogP contribution in [0.5, 0.6) is 0 Å². The highest BCUT2D eigenvalue weighted by Crippen LogP contribution is 2.38. The quantitative estimate of drug-likeness (QED) is 0.630. The zero-order valence-corrected chi connectivity index (χ0v) is 17.4. The van der Waals surface area contributed by atoms with Crippen LogP contribution in [0.3, 0.4) is 0 Å². The van der Waals surface area contributed by atoms with E-state index < -0.39 is 29.7 Å². The monoisotopic (exact) mass is 445 g/mol. The van der Waals surface area contributed by atoms with E-state index in [2.05, 4.69) is 10.7 Å². The van der Waals surface area contributed by atoms with Crippen molar-refractivity contribution in [3.63, 3.8) is 0 Å². The van der Waals surface area contributed by atoms with Gasteiger partial charge in [-0.1, -0.05) is 18.2 Å². The first-order valence-electron chi connectivity index (χ1n) is 10.00. The van der Waals surface area contributed by atoms with E-state index in [1.54, 1.807) is 29.3 Å². The van der Waals surface area contributed by atoms with Crippen molar-refractivity contribution >= 4 is 23.3 Å². The molecular weight excluding hydrogens is 423 g/mol. The summed E-state index contributed by atoms with van der Waals surface area (Å²) in [5, 5.41) is 4.40. The predicted octanol–water partition coefficient (Wildman–Crippen LogP) is 3.57. The first-order valence-corrected chi connectivity index (χ1v) is 10.00. The summed E-state index contributed by atoms with van der Waals surface area (Å²) in [6.07, 6.45) is -4.57. The van der Waals surface area contributed by atoms with Crippen LogP contribution < -0.4 is 21.4 Å². The van der Waals surface area contributed by atoms with Gasteiger partial charge < -0.3 is 11.1 Å². The van der Waals surface area contributed by atoms with E-state index in [-0.39, 0.29) is 23.8 Å². The number of amides is 3. The minimum atomic E-state index is -4.57. The fraction of sp³-hybridized carbons (Fsp3) is 0.273. The Morgan fingerprint density at radius 2 is 1.78 bits per heavy atom. The van der Waals surface area contributed by atoms with Crippen molar-refractivity contribution in [1.82, 2.24) is 15.8 Å². The van der Waals surface area contributed by atoms with E-state index in [0.29, 0.717) is 16.9 Å². The molecule has 0 fully saturated rings. The molecule has 1 unspecified atom stereocenters. The third-order valence-electron chi connectivity index (χ3n) is 5.48. The fourth-order valence-electron chi connectivity index (χ4n) is 3.82. The number of alkyl halides is 3. The van der Waals surface area contributed by atoms with Gasteiger partial charge in [-0.3, -0.25) is 15.1 Å². The molecule has 3 amide bonds. The number of nitrogen functional groups attached to an aromatic ring is 1. The number of hydrogen-bond donors (Lipinski definition) is 3. The number of halogens is 3. The molecule has 32 heavy (non-hydrogen) atoms. The van der Waals surface area contributed by atoms with Crippen LogP contribution in [0.25, 0.3) is 0 Å². The van der Waals surface area contributed by atoms with Crippen molar-refractivity contribution in [1.29, 1.82) is 0 Å². The third-order valence-corrected chi connectivity index (χ3v) is 5.48. The maximum atomic E-state index is 13.3. The summed E-state index contributed by atoms with van der Waals surface area (Å²) < 4.78 is 39.9. The van der Waals surface area contributed by atoms with E-state index in [9.17, 15) is 22.8 Å². The summed E-state index contributed by atoms with van der Waals surface area (Å²) >= 11 is 0. The smallest absolute Gasteiger partial charge is 0.399 e. The second-order valence-corrected chi connectivity index (χ2v) is 7.96. The molecule has 0 bridgehead atoms. The topological polar surface area (TPSA) is 90.7 Å². The first-order chi connectivity index (χ1) is 15.1. The van der Waals surface area contributed by atoms with Crippen LogP contribution in [-0.4, -0.2) is 29.5 Å². The Morgan fingerprint density at radius 3 is 2.41 bits per heavy atom. The largest absolute Gasteiger partial charge is 0.416 e. The molecule has 1 atom stereocenters. The van der Waals surface area contributed by atoms with Crippen molar-refractivity contribution < 1.29 is 22.8 Å². The lowest BCUT2D eigenvalue weighted by atomic mass is 9.92. The summed E-state index contributed by atoms with van der Waals surface area (Å²) in [5.74, 6) is -0.432. The number of carbonyl (C=O) groups excluding carboxylic acids is 2. The molecule has 2 aromatic carbocycles. The first kappa shape index (κ1) is 21.7. The average molecular weight is 445 g/mol. The number of carbonyl (C=O) groups is 2. The van der Waals surface area contributed by atoms with Crippen LogP contribution in [0, 0.1) is 0 Å². The Balaban J connectivity index is 1.87. The van der Waals surface area contributed by atoms with Crippen molar-refractivity contribution in [3.05, 3.63) is 70.9 Å². The summed E-state index contributed by atoms with van der Waals surface area (Å²) in [6, 6.07) is 9.71.